The number of carbonyl (C=O) groups is 2. The van der Waals surface area contributed by atoms with Crippen molar-refractivity contribution in [2.45, 2.75) is 56.1 Å². The van der Waals surface area contributed by atoms with E-state index in [0.29, 0.717) is 57.1 Å². The Morgan fingerprint density at radius 3 is 2.39 bits per heavy atom. The molecule has 5 aromatic rings. The first kappa shape index (κ1) is 42.6. The van der Waals surface area contributed by atoms with Gasteiger partial charge in [-0.15, -0.1) is 22.7 Å². The van der Waals surface area contributed by atoms with Crippen molar-refractivity contribution in [1.29, 1.82) is 0 Å². The molecule has 1 atom stereocenters. The van der Waals surface area contributed by atoms with E-state index < -0.39 is 23.8 Å². The van der Waals surface area contributed by atoms with Crippen LogP contribution in [0.25, 0.3) is 10.9 Å². The fraction of sp³-hybridized carbons (Fsp3) is 0.359. The summed E-state index contributed by atoms with van der Waals surface area (Å²) in [6, 6.07) is 16.5. The molecule has 0 saturated heterocycles. The van der Waals surface area contributed by atoms with Gasteiger partial charge in [0, 0.05) is 48.8 Å². The highest BCUT2D eigenvalue weighted by molar-refractivity contribution is 7.12. The Morgan fingerprint density at radius 2 is 1.75 bits per heavy atom. The number of methoxy groups -OCH3 is 1. The Labute approximate surface area is 335 Å². The number of esters is 1. The minimum absolute atomic E-state index is 0. The van der Waals surface area contributed by atoms with E-state index in [9.17, 15) is 29.7 Å². The van der Waals surface area contributed by atoms with Crippen LogP contribution >= 0.6 is 34.3 Å². The van der Waals surface area contributed by atoms with Gasteiger partial charge in [0.05, 0.1) is 39.2 Å². The molecule has 17 heteroatoms. The molecule has 0 spiro atoms. The van der Waals surface area contributed by atoms with Crippen LogP contribution in [0.2, 0.25) is 5.02 Å². The number of ether oxygens (including phenoxy) is 3. The molecule has 0 unspecified atom stereocenters. The SMILES string of the molecule is COc1cc(NC(=O)OCCN(C)[C@H]2CC[C@H](OC(=O)C(O)(c3cccs3)c3cccs3)CC2)c(Cl)cc1CNC[C@H](O)c1ccc(O)c2[nH]c(=O)ccc12.F. The zero-order valence-electron chi connectivity index (χ0n) is 30.7. The summed E-state index contributed by atoms with van der Waals surface area (Å²) in [4.78, 5) is 43.6. The number of fused-ring (bicyclic) bond motifs is 1. The molecule has 3 aromatic heterocycles. The summed E-state index contributed by atoms with van der Waals surface area (Å²) in [7, 11) is 3.46. The number of aromatic nitrogens is 1. The van der Waals surface area contributed by atoms with Gasteiger partial charge in [0.1, 0.15) is 24.2 Å². The summed E-state index contributed by atoms with van der Waals surface area (Å²) in [5, 5.41) is 42.9. The Morgan fingerprint density at radius 1 is 1.05 bits per heavy atom. The summed E-state index contributed by atoms with van der Waals surface area (Å²) < 4.78 is 16.9. The van der Waals surface area contributed by atoms with Crippen molar-refractivity contribution in [2.24, 2.45) is 0 Å². The van der Waals surface area contributed by atoms with Gasteiger partial charge in [-0.2, -0.15) is 0 Å². The second-order valence-corrected chi connectivity index (χ2v) is 15.6. The Balaban J connectivity index is 0.00000600. The second-order valence-electron chi connectivity index (χ2n) is 13.3. The molecule has 2 aromatic carbocycles. The van der Waals surface area contributed by atoms with Crippen molar-refractivity contribution in [3.63, 3.8) is 0 Å². The number of H-pyrrole nitrogens is 1. The number of pyridine rings is 1. The van der Waals surface area contributed by atoms with Crippen LogP contribution < -0.4 is 20.9 Å². The number of benzene rings is 2. The van der Waals surface area contributed by atoms with Crippen LogP contribution in [0, 0.1) is 0 Å². The van der Waals surface area contributed by atoms with Gasteiger partial charge in [0.15, 0.2) is 0 Å². The lowest BCUT2D eigenvalue weighted by molar-refractivity contribution is -0.169. The number of phenols is 1. The maximum Gasteiger partial charge on any atom is 0.411 e. The highest BCUT2D eigenvalue weighted by Crippen LogP contribution is 2.38. The van der Waals surface area contributed by atoms with E-state index in [-0.39, 0.29) is 58.4 Å². The molecule has 1 saturated carbocycles. The highest BCUT2D eigenvalue weighted by atomic mass is 35.5. The first-order chi connectivity index (χ1) is 26.5. The van der Waals surface area contributed by atoms with Gasteiger partial charge in [-0.1, -0.05) is 29.8 Å². The highest BCUT2D eigenvalue weighted by Gasteiger charge is 2.45. The number of aliphatic hydroxyl groups excluding tert-OH is 1. The lowest BCUT2D eigenvalue weighted by Gasteiger charge is -2.35. The van der Waals surface area contributed by atoms with E-state index in [0.717, 1.165) is 12.8 Å². The molecule has 1 aliphatic rings. The molecule has 1 fully saturated rings. The monoisotopic (exact) mass is 830 g/mol. The van der Waals surface area contributed by atoms with Crippen LogP contribution in [0.5, 0.6) is 11.5 Å². The van der Waals surface area contributed by atoms with Crippen molar-refractivity contribution in [2.75, 3.05) is 39.2 Å². The summed E-state index contributed by atoms with van der Waals surface area (Å²) in [5.41, 5.74) is -0.411. The fourth-order valence-corrected chi connectivity index (χ4v) is 8.71. The quantitative estimate of drug-likeness (QED) is 0.0655. The number of nitrogens with one attached hydrogen (secondary N) is 3. The number of carbonyl (C=O) groups excluding carboxylic acids is 2. The van der Waals surface area contributed by atoms with Crippen molar-refractivity contribution >= 4 is 62.9 Å². The minimum Gasteiger partial charge on any atom is -0.506 e. The van der Waals surface area contributed by atoms with Crippen LogP contribution in [-0.2, 0) is 26.4 Å². The third kappa shape index (κ3) is 9.69. The maximum absolute atomic E-state index is 13.3. The molecule has 300 valence electrons. The number of nitrogens with zero attached hydrogens (tertiary/aromatic N) is 1. The van der Waals surface area contributed by atoms with E-state index in [1.165, 1.54) is 41.9 Å². The number of thiophene rings is 2. The summed E-state index contributed by atoms with van der Waals surface area (Å²) in [5.74, 6) is -0.291. The van der Waals surface area contributed by atoms with Crippen LogP contribution in [0.1, 0.15) is 52.7 Å². The Bertz CT molecular complexity index is 2110. The summed E-state index contributed by atoms with van der Waals surface area (Å²) >= 11 is 9.16. The standard InChI is InChI=1S/C39H43ClN4O9S2.FH/c1-44(24-7-9-25(10-8-24)53-37(48)39(50,33-5-3-17-54-33)34-6-4-18-55-34)15-16-52-38(49)42-29-20-32(51-2)23(19-28(29)40)21-41-22-31(46)26-11-13-30(45)36-27(26)12-14-35(47)43-36;/h3-6,11-14,17-20,24-25,31,41,45-46,50H,7-10,15-16,21-22H2,1-2H3,(H,42,49)(H,43,47);1H/t24-,25-,31-;/m0./s1. The first-order valence-corrected chi connectivity index (χ1v) is 19.9. The molecule has 13 nitrogen and oxygen atoms in total. The zero-order chi connectivity index (χ0) is 39.1. The van der Waals surface area contributed by atoms with Gasteiger partial charge in [-0.05, 0) is 79.4 Å². The van der Waals surface area contributed by atoms with E-state index >= 15 is 0 Å². The number of hydrogen-bond acceptors (Lipinski definition) is 13. The average Bonchev–Trinajstić information content (AvgIpc) is 3.93. The smallest absolute Gasteiger partial charge is 0.411 e. The molecule has 1 aliphatic carbocycles. The molecule has 0 aliphatic heterocycles. The molecular weight excluding hydrogens is 787 g/mol. The van der Waals surface area contributed by atoms with Crippen LogP contribution in [0.3, 0.4) is 0 Å². The van der Waals surface area contributed by atoms with Crippen molar-refractivity contribution in [3.8, 4) is 11.5 Å². The average molecular weight is 831 g/mol. The van der Waals surface area contributed by atoms with E-state index in [1.54, 1.807) is 48.5 Å². The molecule has 56 heavy (non-hydrogen) atoms. The fourth-order valence-electron chi connectivity index (χ4n) is 6.76. The zero-order valence-corrected chi connectivity index (χ0v) is 33.0. The number of rotatable bonds is 15. The van der Waals surface area contributed by atoms with E-state index in [4.69, 9.17) is 25.8 Å². The van der Waals surface area contributed by atoms with Crippen LogP contribution in [0.15, 0.2) is 76.2 Å². The van der Waals surface area contributed by atoms with Crippen LogP contribution in [0.4, 0.5) is 15.2 Å². The topological polar surface area (TPSA) is 183 Å². The number of anilines is 1. The maximum atomic E-state index is 13.3. The third-order valence-electron chi connectivity index (χ3n) is 9.79. The Hall–Kier alpha value is -4.55. The van der Waals surface area contributed by atoms with E-state index in [1.807, 2.05) is 17.8 Å². The molecule has 0 radical (unpaired) electrons. The van der Waals surface area contributed by atoms with Crippen LogP contribution in [-0.4, -0.2) is 83.3 Å². The number of aromatic amines is 1. The minimum atomic E-state index is -1.83. The molecule has 0 bridgehead atoms. The molecule has 1 amide bonds. The van der Waals surface area contributed by atoms with Gasteiger partial charge in [0.2, 0.25) is 11.2 Å². The van der Waals surface area contributed by atoms with Gasteiger partial charge in [-0.3, -0.25) is 14.8 Å². The third-order valence-corrected chi connectivity index (χ3v) is 12.1. The number of aliphatic hydroxyl groups is 2. The van der Waals surface area contributed by atoms with Gasteiger partial charge >= 0.3 is 12.1 Å². The predicted molar refractivity (Wildman–Crippen MR) is 215 cm³/mol. The van der Waals surface area contributed by atoms with Crippen molar-refractivity contribution < 1.29 is 43.8 Å². The Kier molecular flexibility index (Phi) is 14.5. The predicted octanol–water partition coefficient (Wildman–Crippen LogP) is 6.27. The first-order valence-electron chi connectivity index (χ1n) is 17.7. The lowest BCUT2D eigenvalue weighted by atomic mass is 9.91. The van der Waals surface area contributed by atoms with Crippen molar-refractivity contribution in [1.82, 2.24) is 15.2 Å². The number of likely N-dealkylation sites (N-methyl/N-ethyl adjacent to an activating group) is 1. The number of amides is 1. The molecule has 3 heterocycles. The number of phenolic OH excluding ortho intramolecular Hbond substituents is 1. The molecule has 6 N–H and O–H groups in total. The van der Waals surface area contributed by atoms with E-state index in [2.05, 4.69) is 20.5 Å². The number of aromatic hydroxyl groups is 1. The number of halogens is 2. The lowest BCUT2D eigenvalue weighted by Crippen LogP contribution is -2.42. The van der Waals surface area contributed by atoms with Gasteiger partial charge in [0.25, 0.3) is 0 Å². The largest absolute Gasteiger partial charge is 0.506 e. The van der Waals surface area contributed by atoms with Gasteiger partial charge < -0.3 is 44.7 Å². The molecular formula is C39H44ClFN4O9S2. The molecule has 6 rings (SSSR count). The normalized spacial score (nSPS) is 16.2. The summed E-state index contributed by atoms with van der Waals surface area (Å²) in [6.45, 7) is 1.05. The number of hydrogen-bond donors (Lipinski definition) is 6. The second kappa shape index (κ2) is 19.1. The van der Waals surface area contributed by atoms with Gasteiger partial charge in [-0.25, -0.2) is 9.59 Å². The van der Waals surface area contributed by atoms with Crippen molar-refractivity contribution in [3.05, 3.63) is 108 Å². The summed E-state index contributed by atoms with van der Waals surface area (Å²) in [6.07, 6.45) is 0.933.